The highest BCUT2D eigenvalue weighted by molar-refractivity contribution is 6.29. The van der Waals surface area contributed by atoms with Gasteiger partial charge in [-0.05, 0) is 31.2 Å². The monoisotopic (exact) mass is 283 g/mol. The molecule has 1 heterocycles. The Morgan fingerprint density at radius 2 is 2.21 bits per heavy atom. The molecule has 19 heavy (non-hydrogen) atoms. The van der Waals surface area contributed by atoms with Crippen molar-refractivity contribution in [3.8, 4) is 0 Å². The summed E-state index contributed by atoms with van der Waals surface area (Å²) in [5.41, 5.74) is 0.0417. The van der Waals surface area contributed by atoms with Crippen molar-refractivity contribution in [2.75, 3.05) is 11.4 Å². The maximum absolute atomic E-state index is 11.1. The van der Waals surface area contributed by atoms with Crippen molar-refractivity contribution in [2.24, 2.45) is 5.92 Å². The first-order valence-electron chi connectivity index (χ1n) is 6.56. The first-order chi connectivity index (χ1) is 8.99. The Hall–Kier alpha value is -1.36. The highest BCUT2D eigenvalue weighted by Gasteiger charge is 2.34. The van der Waals surface area contributed by atoms with Gasteiger partial charge in [-0.1, -0.05) is 25.4 Å². The van der Waals surface area contributed by atoms with Crippen molar-refractivity contribution < 1.29 is 4.92 Å². The molecule has 0 saturated heterocycles. The van der Waals surface area contributed by atoms with Crippen LogP contribution in [0.2, 0.25) is 5.15 Å². The topological polar surface area (TPSA) is 59.3 Å². The molecule has 1 aliphatic carbocycles. The molecule has 0 aliphatic heterocycles. The summed E-state index contributed by atoms with van der Waals surface area (Å²) in [5.74, 6) is 0.972. The Morgan fingerprint density at radius 3 is 2.74 bits per heavy atom. The lowest BCUT2D eigenvalue weighted by atomic mass is 10.1. The van der Waals surface area contributed by atoms with E-state index >= 15 is 0 Å². The van der Waals surface area contributed by atoms with Gasteiger partial charge in [0.15, 0.2) is 0 Å². The lowest BCUT2D eigenvalue weighted by molar-refractivity contribution is -0.384. The van der Waals surface area contributed by atoms with E-state index in [1.807, 2.05) is 4.90 Å². The van der Waals surface area contributed by atoms with Crippen LogP contribution in [0.4, 0.5) is 11.5 Å². The second kappa shape index (κ2) is 5.74. The van der Waals surface area contributed by atoms with Crippen molar-refractivity contribution in [2.45, 2.75) is 39.2 Å². The number of hydrogen-bond donors (Lipinski definition) is 0. The van der Waals surface area contributed by atoms with Crippen LogP contribution in [0.25, 0.3) is 0 Å². The normalized spacial score (nSPS) is 14.7. The Balaban J connectivity index is 2.29. The van der Waals surface area contributed by atoms with Crippen molar-refractivity contribution in [1.29, 1.82) is 0 Å². The van der Waals surface area contributed by atoms with Gasteiger partial charge in [0.25, 0.3) is 0 Å². The molecule has 5 nitrogen and oxygen atoms in total. The third-order valence-corrected chi connectivity index (χ3v) is 3.43. The number of halogens is 1. The smallest absolute Gasteiger partial charge is 0.311 e. The predicted molar refractivity (Wildman–Crippen MR) is 75.7 cm³/mol. The largest absolute Gasteiger partial charge is 0.348 e. The number of pyridine rings is 1. The zero-order valence-corrected chi connectivity index (χ0v) is 11.9. The second-order valence-electron chi connectivity index (χ2n) is 5.34. The SMILES string of the molecule is CC(C)CCN(c1nc(Cl)ccc1[N+](=O)[O-])C1CC1. The number of nitro groups is 1. The van der Waals surface area contributed by atoms with Crippen molar-refractivity contribution in [3.63, 3.8) is 0 Å². The van der Waals surface area contributed by atoms with E-state index in [1.54, 1.807) is 0 Å². The molecular weight excluding hydrogens is 266 g/mol. The summed E-state index contributed by atoms with van der Waals surface area (Å²) in [6.07, 6.45) is 3.13. The van der Waals surface area contributed by atoms with E-state index in [9.17, 15) is 10.1 Å². The lowest BCUT2D eigenvalue weighted by Gasteiger charge is -2.24. The minimum absolute atomic E-state index is 0.0417. The molecule has 6 heteroatoms. The van der Waals surface area contributed by atoms with Gasteiger partial charge in [-0.25, -0.2) is 4.98 Å². The van der Waals surface area contributed by atoms with E-state index < -0.39 is 0 Å². The molecular formula is C13H18ClN3O2. The average Bonchev–Trinajstić information content (AvgIpc) is 3.13. The first kappa shape index (κ1) is 14.1. The van der Waals surface area contributed by atoms with Crippen LogP contribution >= 0.6 is 11.6 Å². The molecule has 0 unspecified atom stereocenters. The zero-order valence-electron chi connectivity index (χ0n) is 11.2. The van der Waals surface area contributed by atoms with Crippen molar-refractivity contribution >= 4 is 23.1 Å². The van der Waals surface area contributed by atoms with E-state index in [1.165, 1.54) is 12.1 Å². The van der Waals surface area contributed by atoms with Crippen LogP contribution in [-0.4, -0.2) is 22.5 Å². The summed E-state index contributed by atoms with van der Waals surface area (Å²) in [6, 6.07) is 3.29. The zero-order chi connectivity index (χ0) is 14.0. The summed E-state index contributed by atoms with van der Waals surface area (Å²) < 4.78 is 0. The number of aromatic nitrogens is 1. The fourth-order valence-electron chi connectivity index (χ4n) is 2.02. The minimum Gasteiger partial charge on any atom is -0.348 e. The van der Waals surface area contributed by atoms with E-state index in [2.05, 4.69) is 18.8 Å². The van der Waals surface area contributed by atoms with Crippen LogP contribution in [0.3, 0.4) is 0 Å². The van der Waals surface area contributed by atoms with E-state index in [-0.39, 0.29) is 10.6 Å². The molecule has 1 aromatic rings. The third-order valence-electron chi connectivity index (χ3n) is 3.22. The fourth-order valence-corrected chi connectivity index (χ4v) is 2.16. The molecule has 1 aliphatic rings. The molecule has 1 saturated carbocycles. The molecule has 0 aromatic carbocycles. The maximum atomic E-state index is 11.1. The summed E-state index contributed by atoms with van der Waals surface area (Å²) in [7, 11) is 0. The molecule has 0 N–H and O–H groups in total. The van der Waals surface area contributed by atoms with Crippen LogP contribution in [0.1, 0.15) is 33.1 Å². The Kier molecular flexibility index (Phi) is 4.24. The van der Waals surface area contributed by atoms with Gasteiger partial charge in [-0.3, -0.25) is 10.1 Å². The van der Waals surface area contributed by atoms with Gasteiger partial charge in [0.2, 0.25) is 5.82 Å². The van der Waals surface area contributed by atoms with Crippen LogP contribution in [-0.2, 0) is 0 Å². The molecule has 0 radical (unpaired) electrons. The molecule has 0 atom stereocenters. The van der Waals surface area contributed by atoms with E-state index in [0.717, 1.165) is 25.8 Å². The predicted octanol–water partition coefficient (Wildman–Crippen LogP) is 3.66. The second-order valence-corrected chi connectivity index (χ2v) is 5.73. The summed E-state index contributed by atoms with van der Waals surface area (Å²) in [6.45, 7) is 5.08. The van der Waals surface area contributed by atoms with Crippen molar-refractivity contribution in [3.05, 3.63) is 27.4 Å². The van der Waals surface area contributed by atoms with Crippen LogP contribution in [0.5, 0.6) is 0 Å². The number of nitrogens with zero attached hydrogens (tertiary/aromatic N) is 3. The first-order valence-corrected chi connectivity index (χ1v) is 6.94. The van der Waals surface area contributed by atoms with Gasteiger partial charge in [0, 0.05) is 18.7 Å². The van der Waals surface area contributed by atoms with Gasteiger partial charge in [0.05, 0.1) is 4.92 Å². The highest BCUT2D eigenvalue weighted by atomic mass is 35.5. The van der Waals surface area contributed by atoms with Gasteiger partial charge in [-0.2, -0.15) is 0 Å². The quantitative estimate of drug-likeness (QED) is 0.454. The molecule has 104 valence electrons. The van der Waals surface area contributed by atoms with Crippen LogP contribution < -0.4 is 4.90 Å². The van der Waals surface area contributed by atoms with Gasteiger partial charge in [-0.15, -0.1) is 0 Å². The highest BCUT2D eigenvalue weighted by Crippen LogP contribution is 2.36. The summed E-state index contributed by atoms with van der Waals surface area (Å²) in [4.78, 5) is 17.0. The van der Waals surface area contributed by atoms with Gasteiger partial charge in [0.1, 0.15) is 5.15 Å². The van der Waals surface area contributed by atoms with Gasteiger partial charge >= 0.3 is 5.69 Å². The van der Waals surface area contributed by atoms with Gasteiger partial charge < -0.3 is 4.90 Å². The number of rotatable bonds is 6. The number of anilines is 1. The van der Waals surface area contributed by atoms with Crippen LogP contribution in [0, 0.1) is 16.0 Å². The fraction of sp³-hybridized carbons (Fsp3) is 0.615. The molecule has 0 spiro atoms. The Bertz CT molecular complexity index is 475. The maximum Gasteiger partial charge on any atom is 0.311 e. The van der Waals surface area contributed by atoms with E-state index in [4.69, 9.17) is 11.6 Å². The van der Waals surface area contributed by atoms with E-state index in [0.29, 0.717) is 22.9 Å². The Labute approximate surface area is 117 Å². The summed E-state index contributed by atoms with van der Waals surface area (Å²) >= 11 is 5.89. The summed E-state index contributed by atoms with van der Waals surface area (Å²) in [5, 5.41) is 11.4. The molecule has 1 aromatic heterocycles. The minimum atomic E-state index is -0.385. The molecule has 0 amide bonds. The number of hydrogen-bond acceptors (Lipinski definition) is 4. The third kappa shape index (κ3) is 3.56. The van der Waals surface area contributed by atoms with Crippen LogP contribution in [0.15, 0.2) is 12.1 Å². The molecule has 0 bridgehead atoms. The standard InChI is InChI=1S/C13H18ClN3O2/c1-9(2)7-8-16(10-3-4-10)13-11(17(18)19)5-6-12(14)15-13/h5-6,9-10H,3-4,7-8H2,1-2H3. The van der Waals surface area contributed by atoms with Crippen molar-refractivity contribution in [1.82, 2.24) is 4.98 Å². The lowest BCUT2D eigenvalue weighted by Crippen LogP contribution is -2.29. The average molecular weight is 284 g/mol. The molecule has 1 fully saturated rings. The molecule has 2 rings (SSSR count). The Morgan fingerprint density at radius 1 is 1.53 bits per heavy atom.